The largest absolute Gasteiger partial charge is 0.481 e. The summed E-state index contributed by atoms with van der Waals surface area (Å²) in [5.41, 5.74) is 0.601. The fraction of sp³-hybridized carbons (Fsp3) is 0.471. The smallest absolute Gasteiger partial charge is 0.309 e. The van der Waals surface area contributed by atoms with Gasteiger partial charge in [0.15, 0.2) is 0 Å². The van der Waals surface area contributed by atoms with Crippen LogP contribution in [0, 0.1) is 12.3 Å². The van der Waals surface area contributed by atoms with Crippen molar-refractivity contribution in [2.75, 3.05) is 5.32 Å². The minimum absolute atomic E-state index is 0.0107. The third-order valence-corrected chi connectivity index (χ3v) is 3.37. The lowest BCUT2D eigenvalue weighted by atomic mass is 9.89. The van der Waals surface area contributed by atoms with E-state index in [9.17, 15) is 14.4 Å². The summed E-state index contributed by atoms with van der Waals surface area (Å²) in [7, 11) is 0. The Balaban J connectivity index is 2.88. The van der Waals surface area contributed by atoms with E-state index in [2.05, 4.69) is 10.6 Å². The quantitative estimate of drug-likeness (QED) is 0.750. The van der Waals surface area contributed by atoms with Crippen LogP contribution in [-0.2, 0) is 9.59 Å². The van der Waals surface area contributed by atoms with Crippen LogP contribution in [-0.4, -0.2) is 28.9 Å². The molecule has 0 atom stereocenters. The van der Waals surface area contributed by atoms with Crippen LogP contribution >= 0.6 is 0 Å². The van der Waals surface area contributed by atoms with Gasteiger partial charge in [0.05, 0.1) is 5.41 Å². The highest BCUT2D eigenvalue weighted by molar-refractivity contribution is 5.99. The molecule has 23 heavy (non-hydrogen) atoms. The third-order valence-electron chi connectivity index (χ3n) is 3.37. The van der Waals surface area contributed by atoms with Crippen LogP contribution < -0.4 is 10.6 Å². The molecule has 2 amide bonds. The fourth-order valence-electron chi connectivity index (χ4n) is 1.97. The monoisotopic (exact) mass is 320 g/mol. The first-order chi connectivity index (χ1) is 10.5. The van der Waals surface area contributed by atoms with Gasteiger partial charge < -0.3 is 15.7 Å². The molecule has 6 heteroatoms. The number of hydrogen-bond acceptors (Lipinski definition) is 3. The van der Waals surface area contributed by atoms with Gasteiger partial charge in [0.25, 0.3) is 5.91 Å². The zero-order valence-electron chi connectivity index (χ0n) is 14.2. The molecular weight excluding hydrogens is 296 g/mol. The number of amides is 2. The summed E-state index contributed by atoms with van der Waals surface area (Å²) in [6.45, 7) is 8.53. The first kappa shape index (κ1) is 18.7. The first-order valence-corrected chi connectivity index (χ1v) is 7.47. The van der Waals surface area contributed by atoms with Crippen LogP contribution in [0.1, 0.15) is 50.0 Å². The van der Waals surface area contributed by atoms with E-state index in [4.69, 9.17) is 5.11 Å². The molecule has 1 aromatic rings. The number of nitrogens with one attached hydrogen (secondary N) is 2. The fourth-order valence-corrected chi connectivity index (χ4v) is 1.97. The maximum atomic E-state index is 12.1. The second-order valence-corrected chi connectivity index (χ2v) is 6.57. The molecule has 0 unspecified atom stereocenters. The number of carboxylic acid groups (broad SMARTS) is 1. The Morgan fingerprint density at radius 1 is 1.22 bits per heavy atom. The van der Waals surface area contributed by atoms with E-state index in [1.165, 1.54) is 13.8 Å². The van der Waals surface area contributed by atoms with Crippen molar-refractivity contribution >= 4 is 23.5 Å². The van der Waals surface area contributed by atoms with Crippen LogP contribution in [0.15, 0.2) is 18.2 Å². The maximum Gasteiger partial charge on any atom is 0.309 e. The summed E-state index contributed by atoms with van der Waals surface area (Å²) in [6, 6.07) is 5.04. The van der Waals surface area contributed by atoms with Crippen LogP contribution in [0.3, 0.4) is 0 Å². The molecule has 1 aromatic carbocycles. The Morgan fingerprint density at radius 2 is 1.83 bits per heavy atom. The summed E-state index contributed by atoms with van der Waals surface area (Å²) in [5.74, 6) is -1.65. The molecule has 0 aliphatic carbocycles. The van der Waals surface area contributed by atoms with Crippen LogP contribution in [0.2, 0.25) is 0 Å². The predicted molar refractivity (Wildman–Crippen MR) is 88.4 cm³/mol. The van der Waals surface area contributed by atoms with Gasteiger partial charge in [-0.3, -0.25) is 14.4 Å². The number of aliphatic carboxylic acids is 1. The van der Waals surface area contributed by atoms with Gasteiger partial charge in [0.1, 0.15) is 0 Å². The highest BCUT2D eigenvalue weighted by atomic mass is 16.4. The number of aryl methyl sites for hydroxylation is 1. The Hall–Kier alpha value is -2.37. The minimum atomic E-state index is -1.15. The maximum absolute atomic E-state index is 12.1. The summed E-state index contributed by atoms with van der Waals surface area (Å²) < 4.78 is 0. The molecular formula is C17H24N2O4. The second-order valence-electron chi connectivity index (χ2n) is 6.57. The Morgan fingerprint density at radius 3 is 2.35 bits per heavy atom. The Kier molecular flexibility index (Phi) is 5.90. The number of anilines is 1. The number of carbonyl (C=O) groups excluding carboxylic acids is 2. The lowest BCUT2D eigenvalue weighted by molar-refractivity contribution is -0.148. The van der Waals surface area contributed by atoms with Crippen molar-refractivity contribution in [2.24, 2.45) is 5.41 Å². The van der Waals surface area contributed by atoms with Crippen LogP contribution in [0.4, 0.5) is 5.69 Å². The SMILES string of the molecule is Cc1ccc(NC(=O)CC(C)(C)C(=O)O)cc1C(=O)NC(C)C. The number of rotatable bonds is 6. The van der Waals surface area contributed by atoms with E-state index < -0.39 is 17.3 Å². The molecule has 0 heterocycles. The van der Waals surface area contributed by atoms with Crippen LogP contribution in [0.25, 0.3) is 0 Å². The minimum Gasteiger partial charge on any atom is -0.481 e. The average molecular weight is 320 g/mol. The van der Waals surface area contributed by atoms with Crippen molar-refractivity contribution in [3.8, 4) is 0 Å². The third kappa shape index (κ3) is 5.39. The highest BCUT2D eigenvalue weighted by Gasteiger charge is 2.30. The van der Waals surface area contributed by atoms with Crippen molar-refractivity contribution in [3.05, 3.63) is 29.3 Å². The van der Waals surface area contributed by atoms with Gasteiger partial charge in [-0.1, -0.05) is 6.07 Å². The molecule has 0 spiro atoms. The topological polar surface area (TPSA) is 95.5 Å². The van der Waals surface area contributed by atoms with Gasteiger partial charge >= 0.3 is 5.97 Å². The van der Waals surface area contributed by atoms with E-state index in [1.54, 1.807) is 18.2 Å². The number of carbonyl (C=O) groups is 3. The molecule has 0 bridgehead atoms. The number of carboxylic acids is 1. The average Bonchev–Trinajstić information content (AvgIpc) is 2.39. The lowest BCUT2D eigenvalue weighted by Crippen LogP contribution is -2.31. The van der Waals surface area contributed by atoms with Gasteiger partial charge in [0.2, 0.25) is 5.91 Å². The molecule has 126 valence electrons. The summed E-state index contributed by atoms with van der Waals surface area (Å²) in [5, 5.41) is 14.5. The van der Waals surface area contributed by atoms with Crippen molar-refractivity contribution in [3.63, 3.8) is 0 Å². The zero-order chi connectivity index (χ0) is 17.8. The molecule has 3 N–H and O–H groups in total. The van der Waals surface area contributed by atoms with Gasteiger partial charge in [-0.2, -0.15) is 0 Å². The van der Waals surface area contributed by atoms with E-state index in [0.29, 0.717) is 11.3 Å². The van der Waals surface area contributed by atoms with E-state index in [-0.39, 0.29) is 18.4 Å². The summed E-state index contributed by atoms with van der Waals surface area (Å²) >= 11 is 0. The Bertz CT molecular complexity index is 621. The molecule has 0 aliphatic rings. The molecule has 0 aliphatic heterocycles. The molecule has 0 radical (unpaired) electrons. The van der Waals surface area contributed by atoms with Crippen molar-refractivity contribution in [2.45, 2.75) is 47.1 Å². The summed E-state index contributed by atoms with van der Waals surface area (Å²) in [6.07, 6.45) is -0.149. The van der Waals surface area contributed by atoms with Gasteiger partial charge in [0, 0.05) is 23.7 Å². The summed E-state index contributed by atoms with van der Waals surface area (Å²) in [4.78, 5) is 35.2. The predicted octanol–water partition coefficient (Wildman–Crippen LogP) is 2.57. The van der Waals surface area contributed by atoms with Crippen LogP contribution in [0.5, 0.6) is 0 Å². The highest BCUT2D eigenvalue weighted by Crippen LogP contribution is 2.22. The Labute approximate surface area is 136 Å². The van der Waals surface area contributed by atoms with Gasteiger partial charge in [-0.15, -0.1) is 0 Å². The molecule has 0 saturated heterocycles. The second kappa shape index (κ2) is 7.26. The van der Waals surface area contributed by atoms with E-state index >= 15 is 0 Å². The molecule has 0 fully saturated rings. The molecule has 0 saturated carbocycles. The van der Waals surface area contributed by atoms with Crippen molar-refractivity contribution < 1.29 is 19.5 Å². The van der Waals surface area contributed by atoms with Gasteiger partial charge in [-0.05, 0) is 52.3 Å². The van der Waals surface area contributed by atoms with Gasteiger partial charge in [-0.25, -0.2) is 0 Å². The molecule has 1 rings (SSSR count). The van der Waals surface area contributed by atoms with Crippen molar-refractivity contribution in [1.29, 1.82) is 0 Å². The number of benzene rings is 1. The van der Waals surface area contributed by atoms with E-state index in [0.717, 1.165) is 5.56 Å². The molecule has 6 nitrogen and oxygen atoms in total. The molecule has 0 aromatic heterocycles. The van der Waals surface area contributed by atoms with E-state index in [1.807, 2.05) is 20.8 Å². The normalized spacial score (nSPS) is 11.2. The van der Waals surface area contributed by atoms with Crippen molar-refractivity contribution in [1.82, 2.24) is 5.32 Å². The lowest BCUT2D eigenvalue weighted by Gasteiger charge is -2.18. The standard InChI is InChI=1S/C17H24N2O4/c1-10(2)18-15(21)13-8-12(7-6-11(13)3)19-14(20)9-17(4,5)16(22)23/h6-8,10H,9H2,1-5H3,(H,18,21)(H,19,20)(H,22,23). The first-order valence-electron chi connectivity index (χ1n) is 7.47. The zero-order valence-corrected chi connectivity index (χ0v) is 14.2. The number of hydrogen-bond donors (Lipinski definition) is 3.